The molecule has 6 nitrogen and oxygen atoms in total. The zero-order valence-corrected chi connectivity index (χ0v) is 11.1. The van der Waals surface area contributed by atoms with Gasteiger partial charge in [0.05, 0.1) is 12.0 Å². The lowest BCUT2D eigenvalue weighted by atomic mass is 10.1. The number of nitrogens with one attached hydrogen (secondary N) is 1. The van der Waals surface area contributed by atoms with Crippen molar-refractivity contribution in [2.45, 2.75) is 39.2 Å². The molecule has 2 unspecified atom stereocenters. The number of aliphatic carboxylic acids is 1. The van der Waals surface area contributed by atoms with Crippen molar-refractivity contribution >= 4 is 12.0 Å². The third kappa shape index (κ3) is 6.09. The van der Waals surface area contributed by atoms with Gasteiger partial charge in [0, 0.05) is 13.6 Å². The molecule has 0 aliphatic rings. The van der Waals surface area contributed by atoms with Crippen LogP contribution in [-0.4, -0.2) is 41.6 Å². The van der Waals surface area contributed by atoms with E-state index in [1.54, 1.807) is 14.0 Å². The van der Waals surface area contributed by atoms with Crippen LogP contribution in [0.15, 0.2) is 0 Å². The lowest BCUT2D eigenvalue weighted by Gasteiger charge is -2.22. The van der Waals surface area contributed by atoms with Gasteiger partial charge in [-0.2, -0.15) is 5.26 Å². The Kier molecular flexibility index (Phi) is 7.52. The maximum Gasteiger partial charge on any atom is 0.326 e. The van der Waals surface area contributed by atoms with Crippen molar-refractivity contribution in [3.8, 4) is 6.07 Å². The van der Waals surface area contributed by atoms with Crippen LogP contribution >= 0.6 is 0 Å². The summed E-state index contributed by atoms with van der Waals surface area (Å²) in [6.07, 6.45) is 2.04. The van der Waals surface area contributed by atoms with Crippen molar-refractivity contribution in [3.63, 3.8) is 0 Å². The second-order valence-corrected chi connectivity index (χ2v) is 4.39. The molecule has 18 heavy (non-hydrogen) atoms. The number of urea groups is 1. The molecule has 2 N–H and O–H groups in total. The Balaban J connectivity index is 4.32. The Morgan fingerprint density at radius 3 is 2.56 bits per heavy atom. The summed E-state index contributed by atoms with van der Waals surface area (Å²) in [6, 6.07) is 0.702. The van der Waals surface area contributed by atoms with Crippen molar-refractivity contribution in [1.82, 2.24) is 10.2 Å². The number of carboxylic acid groups (broad SMARTS) is 1. The van der Waals surface area contributed by atoms with Crippen molar-refractivity contribution in [1.29, 1.82) is 5.26 Å². The topological polar surface area (TPSA) is 93.4 Å². The Bertz CT molecular complexity index is 325. The standard InChI is InChI=1S/C12H21N3O3/c1-4-5-6-10(11(16)17)14-12(18)15(3)8-9(2)7-13/h9-10H,4-6,8H2,1-3H3,(H,14,18)(H,16,17). The fourth-order valence-corrected chi connectivity index (χ4v) is 1.46. The minimum absolute atomic E-state index is 0.278. The average molecular weight is 255 g/mol. The monoisotopic (exact) mass is 255 g/mol. The molecule has 0 saturated carbocycles. The Labute approximate surface area is 108 Å². The number of carboxylic acids is 1. The highest BCUT2D eigenvalue weighted by Gasteiger charge is 2.21. The van der Waals surface area contributed by atoms with Crippen LogP contribution in [0.1, 0.15) is 33.1 Å². The molecule has 0 saturated heterocycles. The molecule has 0 fully saturated rings. The first-order valence-electron chi connectivity index (χ1n) is 6.06. The fraction of sp³-hybridized carbons (Fsp3) is 0.750. The van der Waals surface area contributed by atoms with Gasteiger partial charge in [0.1, 0.15) is 6.04 Å². The summed E-state index contributed by atoms with van der Waals surface area (Å²) in [5.74, 6) is -1.31. The Morgan fingerprint density at radius 1 is 1.50 bits per heavy atom. The second kappa shape index (κ2) is 8.34. The maximum absolute atomic E-state index is 11.7. The van der Waals surface area contributed by atoms with E-state index in [9.17, 15) is 9.59 Å². The van der Waals surface area contributed by atoms with E-state index in [1.165, 1.54) is 4.90 Å². The van der Waals surface area contributed by atoms with Crippen LogP contribution in [-0.2, 0) is 4.79 Å². The average Bonchev–Trinajstić information content (AvgIpc) is 2.33. The van der Waals surface area contributed by atoms with Crippen molar-refractivity contribution in [2.75, 3.05) is 13.6 Å². The van der Waals surface area contributed by atoms with E-state index in [0.717, 1.165) is 12.8 Å². The number of nitriles is 1. The van der Waals surface area contributed by atoms with Gasteiger partial charge in [-0.05, 0) is 13.3 Å². The number of nitrogens with zero attached hydrogens (tertiary/aromatic N) is 2. The molecule has 0 bridgehead atoms. The first-order valence-corrected chi connectivity index (χ1v) is 6.06. The molecule has 0 aliphatic heterocycles. The largest absolute Gasteiger partial charge is 0.480 e. The Morgan fingerprint density at radius 2 is 2.11 bits per heavy atom. The van der Waals surface area contributed by atoms with E-state index in [2.05, 4.69) is 5.32 Å². The van der Waals surface area contributed by atoms with Crippen molar-refractivity contribution in [2.24, 2.45) is 5.92 Å². The van der Waals surface area contributed by atoms with E-state index < -0.39 is 18.0 Å². The number of carbonyl (C=O) groups is 2. The van der Waals surface area contributed by atoms with E-state index >= 15 is 0 Å². The van der Waals surface area contributed by atoms with Crippen LogP contribution in [0.25, 0.3) is 0 Å². The molecule has 0 rings (SSSR count). The van der Waals surface area contributed by atoms with E-state index in [0.29, 0.717) is 6.42 Å². The van der Waals surface area contributed by atoms with Crippen LogP contribution < -0.4 is 5.32 Å². The first-order chi connectivity index (χ1) is 8.42. The molecule has 2 amide bonds. The third-order valence-electron chi connectivity index (χ3n) is 2.56. The Hall–Kier alpha value is -1.77. The molecule has 2 atom stereocenters. The van der Waals surface area contributed by atoms with Gasteiger partial charge in [0.2, 0.25) is 0 Å². The molecule has 0 aliphatic carbocycles. The van der Waals surface area contributed by atoms with Gasteiger partial charge in [0.25, 0.3) is 0 Å². The number of rotatable bonds is 7. The maximum atomic E-state index is 11.7. The van der Waals surface area contributed by atoms with Gasteiger partial charge in [-0.15, -0.1) is 0 Å². The van der Waals surface area contributed by atoms with Gasteiger partial charge < -0.3 is 15.3 Å². The van der Waals surface area contributed by atoms with Gasteiger partial charge in [-0.25, -0.2) is 9.59 Å². The summed E-state index contributed by atoms with van der Waals surface area (Å²) in [5.41, 5.74) is 0. The summed E-state index contributed by atoms with van der Waals surface area (Å²) in [5, 5.41) is 20.1. The molecule has 6 heteroatoms. The van der Waals surface area contributed by atoms with E-state index in [-0.39, 0.29) is 12.5 Å². The minimum Gasteiger partial charge on any atom is -0.480 e. The summed E-state index contributed by atoms with van der Waals surface area (Å²) in [4.78, 5) is 24.0. The second-order valence-electron chi connectivity index (χ2n) is 4.39. The number of carbonyl (C=O) groups excluding carboxylic acids is 1. The summed E-state index contributed by atoms with van der Waals surface area (Å²) in [7, 11) is 1.54. The summed E-state index contributed by atoms with van der Waals surface area (Å²) in [6.45, 7) is 3.94. The van der Waals surface area contributed by atoms with E-state index in [4.69, 9.17) is 10.4 Å². The van der Waals surface area contributed by atoms with Gasteiger partial charge in [-0.1, -0.05) is 19.8 Å². The molecule has 0 spiro atoms. The number of unbranched alkanes of at least 4 members (excludes halogenated alkanes) is 1. The van der Waals surface area contributed by atoms with Crippen LogP contribution in [0.3, 0.4) is 0 Å². The van der Waals surface area contributed by atoms with Crippen molar-refractivity contribution in [3.05, 3.63) is 0 Å². The minimum atomic E-state index is -1.03. The van der Waals surface area contributed by atoms with Crippen LogP contribution in [0, 0.1) is 17.2 Å². The highest BCUT2D eigenvalue weighted by atomic mass is 16.4. The zero-order chi connectivity index (χ0) is 14.1. The lowest BCUT2D eigenvalue weighted by Crippen LogP contribution is -2.47. The molecule has 0 radical (unpaired) electrons. The quantitative estimate of drug-likeness (QED) is 0.719. The summed E-state index contributed by atoms with van der Waals surface area (Å²) >= 11 is 0. The molecule has 0 heterocycles. The molecule has 0 aromatic carbocycles. The highest BCUT2D eigenvalue weighted by Crippen LogP contribution is 2.03. The van der Waals surface area contributed by atoms with E-state index in [1.807, 2.05) is 13.0 Å². The smallest absolute Gasteiger partial charge is 0.326 e. The highest BCUT2D eigenvalue weighted by molar-refractivity contribution is 5.82. The van der Waals surface area contributed by atoms with Gasteiger partial charge >= 0.3 is 12.0 Å². The number of amides is 2. The molecular formula is C12H21N3O3. The lowest BCUT2D eigenvalue weighted by molar-refractivity contribution is -0.139. The zero-order valence-electron chi connectivity index (χ0n) is 11.1. The normalized spacial score (nSPS) is 13.2. The predicted octanol–water partition coefficient (Wildman–Crippen LogP) is 1.43. The molecule has 102 valence electrons. The van der Waals surface area contributed by atoms with Gasteiger partial charge in [-0.3, -0.25) is 0 Å². The predicted molar refractivity (Wildman–Crippen MR) is 66.9 cm³/mol. The SMILES string of the molecule is CCCCC(NC(=O)N(C)CC(C)C#N)C(=O)O. The number of hydrogen-bond acceptors (Lipinski definition) is 3. The van der Waals surface area contributed by atoms with Crippen LogP contribution in [0.4, 0.5) is 4.79 Å². The van der Waals surface area contributed by atoms with Gasteiger partial charge in [0.15, 0.2) is 0 Å². The fourth-order valence-electron chi connectivity index (χ4n) is 1.46. The molecular weight excluding hydrogens is 234 g/mol. The van der Waals surface area contributed by atoms with Crippen molar-refractivity contribution < 1.29 is 14.7 Å². The number of hydrogen-bond donors (Lipinski definition) is 2. The first kappa shape index (κ1) is 16.2. The van der Waals surface area contributed by atoms with Crippen LogP contribution in [0.2, 0.25) is 0 Å². The van der Waals surface area contributed by atoms with Crippen LogP contribution in [0.5, 0.6) is 0 Å². The molecule has 0 aromatic heterocycles. The molecule has 0 aromatic rings. The summed E-state index contributed by atoms with van der Waals surface area (Å²) < 4.78 is 0. The third-order valence-corrected chi connectivity index (χ3v) is 2.56.